The van der Waals surface area contributed by atoms with Crippen molar-refractivity contribution >= 4 is 11.6 Å². The number of rotatable bonds is 2. The van der Waals surface area contributed by atoms with Crippen LogP contribution in [0, 0.1) is 17.8 Å². The molecule has 0 amide bonds. The molecule has 2 heteroatoms. The Bertz CT molecular complexity index is 169. The van der Waals surface area contributed by atoms with E-state index in [0.717, 1.165) is 5.92 Å². The number of fused-ring (bicyclic) bond motifs is 2. The number of aliphatic hydroxyl groups is 1. The number of hydrogen-bond donors (Lipinski definition) is 1. The lowest BCUT2D eigenvalue weighted by molar-refractivity contribution is 0.0971. The number of aliphatic hydroxyl groups excluding tert-OH is 1. The molecule has 2 bridgehead atoms. The quantitative estimate of drug-likeness (QED) is 0.660. The summed E-state index contributed by atoms with van der Waals surface area (Å²) in [4.78, 5) is 0. The Balaban J connectivity index is 2.00. The standard InChI is InChI=1S/C10H17ClO/c1-2-3-6-4-7-5-8(6)9(11)10(7)12/h6-10,12H,2-5H2,1H3. The SMILES string of the molecule is CCCC1CC2CC1C(Cl)C2O. The zero-order valence-corrected chi connectivity index (χ0v) is 8.30. The molecular formula is C10H17ClO. The van der Waals surface area contributed by atoms with Crippen molar-refractivity contribution in [3.63, 3.8) is 0 Å². The van der Waals surface area contributed by atoms with Crippen molar-refractivity contribution in [3.05, 3.63) is 0 Å². The summed E-state index contributed by atoms with van der Waals surface area (Å²) in [6.45, 7) is 2.23. The highest BCUT2D eigenvalue weighted by atomic mass is 35.5. The lowest BCUT2D eigenvalue weighted by Gasteiger charge is -2.28. The Morgan fingerprint density at radius 2 is 2.17 bits per heavy atom. The second-order valence-electron chi connectivity index (χ2n) is 4.38. The third kappa shape index (κ3) is 1.18. The molecule has 70 valence electrons. The van der Waals surface area contributed by atoms with E-state index in [9.17, 15) is 5.11 Å². The van der Waals surface area contributed by atoms with Crippen LogP contribution in [0.25, 0.3) is 0 Å². The molecule has 0 radical (unpaired) electrons. The molecule has 2 aliphatic carbocycles. The van der Waals surface area contributed by atoms with Gasteiger partial charge in [-0.1, -0.05) is 19.8 Å². The molecule has 0 aromatic carbocycles. The first-order valence-corrected chi connectivity index (χ1v) is 5.49. The van der Waals surface area contributed by atoms with Crippen LogP contribution < -0.4 is 0 Å². The molecule has 0 aromatic heterocycles. The highest BCUT2D eigenvalue weighted by Crippen LogP contribution is 2.52. The third-order valence-corrected chi connectivity index (χ3v) is 4.25. The maximum absolute atomic E-state index is 9.64. The summed E-state index contributed by atoms with van der Waals surface area (Å²) in [6.07, 6.45) is 4.76. The van der Waals surface area contributed by atoms with E-state index in [1.165, 1.54) is 25.7 Å². The van der Waals surface area contributed by atoms with E-state index in [4.69, 9.17) is 11.6 Å². The van der Waals surface area contributed by atoms with E-state index < -0.39 is 0 Å². The van der Waals surface area contributed by atoms with Gasteiger partial charge in [0.15, 0.2) is 0 Å². The molecule has 2 saturated carbocycles. The fourth-order valence-corrected chi connectivity index (χ4v) is 3.60. The summed E-state index contributed by atoms with van der Waals surface area (Å²) in [5, 5.41) is 9.70. The lowest BCUT2D eigenvalue weighted by Crippen LogP contribution is -2.32. The Labute approximate surface area is 79.1 Å². The van der Waals surface area contributed by atoms with E-state index in [-0.39, 0.29) is 11.5 Å². The van der Waals surface area contributed by atoms with Crippen LogP contribution in [-0.2, 0) is 0 Å². The van der Waals surface area contributed by atoms with E-state index in [2.05, 4.69) is 6.92 Å². The van der Waals surface area contributed by atoms with Crippen LogP contribution >= 0.6 is 11.6 Å². The average molecular weight is 189 g/mol. The highest BCUT2D eigenvalue weighted by Gasteiger charge is 2.50. The largest absolute Gasteiger partial charge is 0.391 e. The summed E-state index contributed by atoms with van der Waals surface area (Å²) in [5.74, 6) is 1.95. The molecule has 0 aromatic rings. The summed E-state index contributed by atoms with van der Waals surface area (Å²) in [6, 6.07) is 0. The van der Waals surface area contributed by atoms with Gasteiger partial charge in [0.1, 0.15) is 0 Å². The molecule has 0 spiro atoms. The normalized spacial score (nSPS) is 51.8. The van der Waals surface area contributed by atoms with Crippen molar-refractivity contribution in [1.29, 1.82) is 0 Å². The van der Waals surface area contributed by atoms with Gasteiger partial charge in [-0.3, -0.25) is 0 Å². The predicted octanol–water partition coefficient (Wildman–Crippen LogP) is 2.41. The minimum atomic E-state index is -0.204. The molecule has 1 nitrogen and oxygen atoms in total. The number of alkyl halides is 1. The summed E-state index contributed by atoms with van der Waals surface area (Å²) in [5.41, 5.74) is 0. The summed E-state index contributed by atoms with van der Waals surface area (Å²) in [7, 11) is 0. The van der Waals surface area contributed by atoms with Crippen LogP contribution in [0.5, 0.6) is 0 Å². The molecule has 12 heavy (non-hydrogen) atoms. The molecule has 0 heterocycles. The Morgan fingerprint density at radius 1 is 1.42 bits per heavy atom. The monoisotopic (exact) mass is 188 g/mol. The topological polar surface area (TPSA) is 20.2 Å². The van der Waals surface area contributed by atoms with Gasteiger partial charge in [-0.2, -0.15) is 0 Å². The maximum Gasteiger partial charge on any atom is 0.0734 e. The first-order valence-electron chi connectivity index (χ1n) is 5.06. The van der Waals surface area contributed by atoms with E-state index in [1.807, 2.05) is 0 Å². The van der Waals surface area contributed by atoms with Gasteiger partial charge in [0.05, 0.1) is 11.5 Å². The van der Waals surface area contributed by atoms with E-state index in [0.29, 0.717) is 11.8 Å². The van der Waals surface area contributed by atoms with Gasteiger partial charge in [0.25, 0.3) is 0 Å². The highest BCUT2D eigenvalue weighted by molar-refractivity contribution is 6.21. The van der Waals surface area contributed by atoms with Gasteiger partial charge in [-0.05, 0) is 30.6 Å². The fourth-order valence-electron chi connectivity index (χ4n) is 3.09. The predicted molar refractivity (Wildman–Crippen MR) is 50.3 cm³/mol. The fraction of sp³-hybridized carbons (Fsp3) is 1.00. The van der Waals surface area contributed by atoms with Crippen molar-refractivity contribution < 1.29 is 5.11 Å². The number of halogens is 1. The minimum Gasteiger partial charge on any atom is -0.391 e. The second kappa shape index (κ2) is 3.19. The first-order chi connectivity index (χ1) is 5.74. The van der Waals surface area contributed by atoms with Crippen molar-refractivity contribution in [2.24, 2.45) is 17.8 Å². The van der Waals surface area contributed by atoms with Crippen LogP contribution in [0.1, 0.15) is 32.6 Å². The molecule has 1 N–H and O–H groups in total. The third-order valence-electron chi connectivity index (χ3n) is 3.66. The van der Waals surface area contributed by atoms with Gasteiger partial charge in [0, 0.05) is 0 Å². The van der Waals surface area contributed by atoms with E-state index >= 15 is 0 Å². The smallest absolute Gasteiger partial charge is 0.0734 e. The molecule has 0 saturated heterocycles. The first kappa shape index (κ1) is 8.83. The zero-order chi connectivity index (χ0) is 8.72. The minimum absolute atomic E-state index is 0.0558. The van der Waals surface area contributed by atoms with Gasteiger partial charge in [0.2, 0.25) is 0 Å². The van der Waals surface area contributed by atoms with Gasteiger partial charge >= 0.3 is 0 Å². The lowest BCUT2D eigenvalue weighted by atomic mass is 9.84. The van der Waals surface area contributed by atoms with Crippen LogP contribution in [0.4, 0.5) is 0 Å². The molecule has 2 fully saturated rings. The van der Waals surface area contributed by atoms with Crippen molar-refractivity contribution in [2.75, 3.05) is 0 Å². The number of hydrogen-bond acceptors (Lipinski definition) is 1. The molecule has 5 unspecified atom stereocenters. The van der Waals surface area contributed by atoms with Crippen LogP contribution in [0.2, 0.25) is 0 Å². The summed E-state index contributed by atoms with van der Waals surface area (Å²) >= 11 is 6.14. The van der Waals surface area contributed by atoms with Crippen LogP contribution in [0.15, 0.2) is 0 Å². The van der Waals surface area contributed by atoms with Gasteiger partial charge in [-0.15, -0.1) is 11.6 Å². The molecule has 0 aliphatic heterocycles. The van der Waals surface area contributed by atoms with Gasteiger partial charge in [-0.25, -0.2) is 0 Å². The Morgan fingerprint density at radius 3 is 2.67 bits per heavy atom. The van der Waals surface area contributed by atoms with Crippen molar-refractivity contribution in [3.8, 4) is 0 Å². The molecular weight excluding hydrogens is 172 g/mol. The average Bonchev–Trinajstić information content (AvgIpc) is 2.55. The molecule has 5 atom stereocenters. The molecule has 2 aliphatic rings. The maximum atomic E-state index is 9.64. The second-order valence-corrected chi connectivity index (χ2v) is 4.88. The zero-order valence-electron chi connectivity index (χ0n) is 7.54. The Hall–Kier alpha value is 0.250. The van der Waals surface area contributed by atoms with Gasteiger partial charge < -0.3 is 5.11 Å². The van der Waals surface area contributed by atoms with Crippen molar-refractivity contribution in [2.45, 2.75) is 44.1 Å². The summed E-state index contributed by atoms with van der Waals surface area (Å²) < 4.78 is 0. The van der Waals surface area contributed by atoms with E-state index in [1.54, 1.807) is 0 Å². The van der Waals surface area contributed by atoms with Crippen LogP contribution in [-0.4, -0.2) is 16.6 Å². The Kier molecular flexibility index (Phi) is 2.35. The van der Waals surface area contributed by atoms with Crippen molar-refractivity contribution in [1.82, 2.24) is 0 Å². The van der Waals surface area contributed by atoms with Crippen LogP contribution in [0.3, 0.4) is 0 Å². The molecule has 2 rings (SSSR count).